The summed E-state index contributed by atoms with van der Waals surface area (Å²) in [5.74, 6) is 1.40. The Kier molecular flexibility index (Phi) is 3.84. The molecule has 1 saturated heterocycles. The van der Waals surface area contributed by atoms with E-state index in [1.807, 2.05) is 17.9 Å². The maximum absolute atomic E-state index is 5.86. The van der Waals surface area contributed by atoms with Crippen molar-refractivity contribution in [1.82, 2.24) is 14.7 Å². The highest BCUT2D eigenvalue weighted by Gasteiger charge is 2.28. The Labute approximate surface area is 104 Å². The van der Waals surface area contributed by atoms with Gasteiger partial charge in [0, 0.05) is 31.4 Å². The van der Waals surface area contributed by atoms with Gasteiger partial charge in [0.05, 0.1) is 6.20 Å². The van der Waals surface area contributed by atoms with Crippen molar-refractivity contribution in [2.24, 2.45) is 24.6 Å². The maximum atomic E-state index is 5.86. The fraction of sp³-hybridized carbons (Fsp3) is 0.769. The van der Waals surface area contributed by atoms with Gasteiger partial charge in [-0.25, -0.2) is 0 Å². The highest BCUT2D eigenvalue weighted by molar-refractivity contribution is 5.09. The summed E-state index contributed by atoms with van der Waals surface area (Å²) >= 11 is 0. The standard InChI is InChI=1S/C13H24N4/c1-10-4-5-17(9-12(10)6-14)11(2)13-7-15-16(3)8-13/h7-8,10-12H,4-6,9,14H2,1-3H3. The molecule has 2 rings (SSSR count). The second-order valence-electron chi connectivity index (χ2n) is 5.38. The van der Waals surface area contributed by atoms with Crippen molar-refractivity contribution in [1.29, 1.82) is 0 Å². The lowest BCUT2D eigenvalue weighted by Gasteiger charge is -2.39. The average molecular weight is 236 g/mol. The molecule has 0 saturated carbocycles. The van der Waals surface area contributed by atoms with Crippen LogP contribution >= 0.6 is 0 Å². The Morgan fingerprint density at radius 1 is 1.59 bits per heavy atom. The molecule has 3 unspecified atom stereocenters. The van der Waals surface area contributed by atoms with Gasteiger partial charge in [0.2, 0.25) is 0 Å². The van der Waals surface area contributed by atoms with Gasteiger partial charge in [0.1, 0.15) is 0 Å². The van der Waals surface area contributed by atoms with Crippen LogP contribution in [-0.4, -0.2) is 34.3 Å². The number of rotatable bonds is 3. The first-order valence-electron chi connectivity index (χ1n) is 6.54. The van der Waals surface area contributed by atoms with Crippen molar-refractivity contribution in [3.8, 4) is 0 Å². The Hall–Kier alpha value is -0.870. The minimum Gasteiger partial charge on any atom is -0.330 e. The van der Waals surface area contributed by atoms with Crippen LogP contribution in [0.1, 0.15) is 31.9 Å². The Balaban J connectivity index is 2.03. The number of aromatic nitrogens is 2. The fourth-order valence-corrected chi connectivity index (χ4v) is 2.70. The molecule has 17 heavy (non-hydrogen) atoms. The van der Waals surface area contributed by atoms with Gasteiger partial charge in [-0.05, 0) is 38.3 Å². The molecule has 1 aromatic heterocycles. The van der Waals surface area contributed by atoms with Gasteiger partial charge in [-0.1, -0.05) is 6.92 Å². The monoisotopic (exact) mass is 236 g/mol. The zero-order valence-electron chi connectivity index (χ0n) is 11.1. The van der Waals surface area contributed by atoms with Crippen molar-refractivity contribution in [3.63, 3.8) is 0 Å². The van der Waals surface area contributed by atoms with E-state index in [9.17, 15) is 0 Å². The molecule has 0 aromatic carbocycles. The van der Waals surface area contributed by atoms with Gasteiger partial charge < -0.3 is 5.73 Å². The van der Waals surface area contributed by atoms with Gasteiger partial charge in [0.25, 0.3) is 0 Å². The highest BCUT2D eigenvalue weighted by atomic mass is 15.2. The second-order valence-corrected chi connectivity index (χ2v) is 5.38. The normalized spacial score (nSPS) is 28.2. The molecule has 0 spiro atoms. The molecule has 0 amide bonds. The molecule has 1 fully saturated rings. The predicted octanol–water partition coefficient (Wildman–Crippen LogP) is 1.40. The lowest BCUT2D eigenvalue weighted by Crippen LogP contribution is -2.43. The smallest absolute Gasteiger partial charge is 0.0537 e. The van der Waals surface area contributed by atoms with E-state index in [0.717, 1.165) is 19.0 Å². The molecule has 0 aliphatic carbocycles. The topological polar surface area (TPSA) is 47.1 Å². The summed E-state index contributed by atoms with van der Waals surface area (Å²) in [5.41, 5.74) is 7.16. The van der Waals surface area contributed by atoms with Crippen LogP contribution in [0.3, 0.4) is 0 Å². The van der Waals surface area contributed by atoms with E-state index in [2.05, 4.69) is 30.0 Å². The molecule has 4 heteroatoms. The van der Waals surface area contributed by atoms with Crippen LogP contribution in [0.5, 0.6) is 0 Å². The largest absolute Gasteiger partial charge is 0.330 e. The van der Waals surface area contributed by atoms with Gasteiger partial charge >= 0.3 is 0 Å². The number of hydrogen-bond donors (Lipinski definition) is 1. The average Bonchev–Trinajstić information content (AvgIpc) is 2.75. The Morgan fingerprint density at radius 2 is 2.35 bits per heavy atom. The second kappa shape index (κ2) is 5.19. The number of hydrogen-bond acceptors (Lipinski definition) is 3. The highest BCUT2D eigenvalue weighted by Crippen LogP contribution is 2.28. The SMILES string of the molecule is CC1CCN(C(C)c2cnn(C)c2)CC1CN. The van der Waals surface area contributed by atoms with Crippen LogP contribution in [0.2, 0.25) is 0 Å². The molecule has 2 N–H and O–H groups in total. The Morgan fingerprint density at radius 3 is 2.94 bits per heavy atom. The lowest BCUT2D eigenvalue weighted by molar-refractivity contribution is 0.0978. The van der Waals surface area contributed by atoms with Crippen molar-refractivity contribution in [3.05, 3.63) is 18.0 Å². The summed E-state index contributed by atoms with van der Waals surface area (Å²) in [5, 5.41) is 4.25. The van der Waals surface area contributed by atoms with Gasteiger partial charge in [-0.15, -0.1) is 0 Å². The van der Waals surface area contributed by atoms with Gasteiger partial charge in [0.15, 0.2) is 0 Å². The summed E-state index contributed by atoms with van der Waals surface area (Å²) in [4.78, 5) is 2.54. The number of piperidine rings is 1. The van der Waals surface area contributed by atoms with E-state index in [1.54, 1.807) is 0 Å². The van der Waals surface area contributed by atoms with Crippen LogP contribution < -0.4 is 5.73 Å². The molecule has 96 valence electrons. The van der Waals surface area contributed by atoms with Gasteiger partial charge in [-0.2, -0.15) is 5.10 Å². The number of nitrogens with zero attached hydrogens (tertiary/aromatic N) is 3. The minimum absolute atomic E-state index is 0.449. The summed E-state index contributed by atoms with van der Waals surface area (Å²) in [6, 6.07) is 0.449. The third-order valence-corrected chi connectivity index (χ3v) is 4.20. The molecule has 1 aromatic rings. The predicted molar refractivity (Wildman–Crippen MR) is 69.5 cm³/mol. The van der Waals surface area contributed by atoms with E-state index in [-0.39, 0.29) is 0 Å². The van der Waals surface area contributed by atoms with Gasteiger partial charge in [-0.3, -0.25) is 9.58 Å². The van der Waals surface area contributed by atoms with E-state index in [1.165, 1.54) is 18.5 Å². The molecule has 2 heterocycles. The zero-order chi connectivity index (χ0) is 12.4. The van der Waals surface area contributed by atoms with Crippen LogP contribution in [0.15, 0.2) is 12.4 Å². The number of aryl methyl sites for hydroxylation is 1. The Bertz CT molecular complexity index is 360. The van der Waals surface area contributed by atoms with E-state index < -0.39 is 0 Å². The fourth-order valence-electron chi connectivity index (χ4n) is 2.70. The molecule has 1 aliphatic rings. The molecular weight excluding hydrogens is 212 g/mol. The quantitative estimate of drug-likeness (QED) is 0.863. The molecule has 3 atom stereocenters. The molecule has 1 aliphatic heterocycles. The third kappa shape index (κ3) is 2.69. The van der Waals surface area contributed by atoms with E-state index in [4.69, 9.17) is 5.73 Å². The summed E-state index contributed by atoms with van der Waals surface area (Å²) in [7, 11) is 1.97. The summed E-state index contributed by atoms with van der Waals surface area (Å²) in [6.45, 7) is 7.68. The van der Waals surface area contributed by atoms with Crippen molar-refractivity contribution < 1.29 is 0 Å². The molecular formula is C13H24N4. The molecule has 0 radical (unpaired) electrons. The van der Waals surface area contributed by atoms with E-state index >= 15 is 0 Å². The summed E-state index contributed by atoms with van der Waals surface area (Å²) < 4.78 is 1.87. The third-order valence-electron chi connectivity index (χ3n) is 4.20. The summed E-state index contributed by atoms with van der Waals surface area (Å²) in [6.07, 6.45) is 5.34. The van der Waals surface area contributed by atoms with Crippen LogP contribution in [0.4, 0.5) is 0 Å². The number of nitrogens with two attached hydrogens (primary N) is 1. The first kappa shape index (κ1) is 12.6. The van der Waals surface area contributed by atoms with Crippen LogP contribution in [0.25, 0.3) is 0 Å². The minimum atomic E-state index is 0.449. The first-order valence-corrected chi connectivity index (χ1v) is 6.54. The van der Waals surface area contributed by atoms with Crippen LogP contribution in [-0.2, 0) is 7.05 Å². The van der Waals surface area contributed by atoms with Crippen molar-refractivity contribution in [2.45, 2.75) is 26.3 Å². The lowest BCUT2D eigenvalue weighted by atomic mass is 9.86. The molecule has 0 bridgehead atoms. The number of likely N-dealkylation sites (tertiary alicyclic amines) is 1. The van der Waals surface area contributed by atoms with Crippen molar-refractivity contribution >= 4 is 0 Å². The van der Waals surface area contributed by atoms with Crippen LogP contribution in [0, 0.1) is 11.8 Å². The maximum Gasteiger partial charge on any atom is 0.0537 e. The zero-order valence-corrected chi connectivity index (χ0v) is 11.1. The van der Waals surface area contributed by atoms with Crippen molar-refractivity contribution in [2.75, 3.05) is 19.6 Å². The van der Waals surface area contributed by atoms with E-state index in [0.29, 0.717) is 12.0 Å². The molecule has 4 nitrogen and oxygen atoms in total. The first-order chi connectivity index (χ1) is 8.11.